The molecule has 2 amide bonds. The molecule has 3 heterocycles. The van der Waals surface area contributed by atoms with Crippen LogP contribution in [0.1, 0.15) is 44.6 Å². The maximum Gasteiger partial charge on any atom is 0.253 e. The largest absolute Gasteiger partial charge is 0.497 e. The second-order valence-electron chi connectivity index (χ2n) is 9.05. The molecule has 1 atom stereocenters. The Hall–Kier alpha value is -3.96. The van der Waals surface area contributed by atoms with Gasteiger partial charge >= 0.3 is 0 Å². The van der Waals surface area contributed by atoms with Crippen LogP contribution >= 0.6 is 23.1 Å². The molecule has 39 heavy (non-hydrogen) atoms. The summed E-state index contributed by atoms with van der Waals surface area (Å²) in [6, 6.07) is 19.0. The summed E-state index contributed by atoms with van der Waals surface area (Å²) in [6.07, 6.45) is 0.669. The highest BCUT2D eigenvalue weighted by atomic mass is 32.2. The van der Waals surface area contributed by atoms with E-state index in [9.17, 15) is 9.59 Å². The van der Waals surface area contributed by atoms with Crippen LogP contribution in [-0.2, 0) is 18.4 Å². The molecule has 5 rings (SSSR count). The van der Waals surface area contributed by atoms with Crippen LogP contribution in [0, 0.1) is 6.92 Å². The van der Waals surface area contributed by atoms with Crippen LogP contribution < -0.4 is 10.1 Å². The highest BCUT2D eigenvalue weighted by molar-refractivity contribution is 7.99. The Morgan fingerprint density at radius 2 is 1.87 bits per heavy atom. The average molecular weight is 561 g/mol. The number of thioether (sulfide) groups is 1. The number of methoxy groups -OCH3 is 1. The fourth-order valence-corrected chi connectivity index (χ4v) is 5.70. The molecule has 4 aromatic rings. The van der Waals surface area contributed by atoms with Crippen molar-refractivity contribution in [2.45, 2.75) is 31.1 Å². The summed E-state index contributed by atoms with van der Waals surface area (Å²) < 4.78 is 6.92. The lowest BCUT2D eigenvalue weighted by molar-refractivity contribution is -0.130. The van der Waals surface area contributed by atoms with E-state index in [-0.39, 0.29) is 30.2 Å². The number of nitrogens with one attached hydrogen (secondary N) is 1. The lowest BCUT2D eigenvalue weighted by Gasteiger charge is -2.22. The number of aromatic nitrogens is 3. The number of amides is 2. The van der Waals surface area contributed by atoms with E-state index in [1.807, 2.05) is 31.5 Å². The van der Waals surface area contributed by atoms with Crippen molar-refractivity contribution in [3.05, 3.63) is 93.4 Å². The van der Waals surface area contributed by atoms with Crippen LogP contribution in [0.3, 0.4) is 0 Å². The molecule has 9 nitrogen and oxygen atoms in total. The Morgan fingerprint density at radius 3 is 2.56 bits per heavy atom. The molecule has 0 saturated heterocycles. The fraction of sp³-hybridized carbons (Fsp3) is 0.250. The maximum absolute atomic E-state index is 13.4. The van der Waals surface area contributed by atoms with Crippen LogP contribution in [0.25, 0.3) is 0 Å². The summed E-state index contributed by atoms with van der Waals surface area (Å²) >= 11 is 2.92. The second kappa shape index (κ2) is 11.8. The van der Waals surface area contributed by atoms with Crippen molar-refractivity contribution in [1.29, 1.82) is 0 Å². The number of aryl methyl sites for hydroxylation is 1. The van der Waals surface area contributed by atoms with Gasteiger partial charge in [0, 0.05) is 19.0 Å². The van der Waals surface area contributed by atoms with E-state index in [2.05, 4.69) is 39.8 Å². The first-order valence-corrected chi connectivity index (χ1v) is 14.2. The Bertz CT molecular complexity index is 1480. The van der Waals surface area contributed by atoms with E-state index in [1.165, 1.54) is 17.3 Å². The average Bonchev–Trinajstić information content (AvgIpc) is 3.71. The first-order valence-electron chi connectivity index (χ1n) is 12.4. The number of benzene rings is 2. The minimum atomic E-state index is -0.222. The SMILES string of the molecule is COc1ccc(C(=O)NCc2nnc(SCC(=O)N3N=C(c4cccs4)CC3c3ccc(C)cc3)n2C)cc1. The molecular formula is C28H28N6O3S2. The predicted molar refractivity (Wildman–Crippen MR) is 152 cm³/mol. The molecule has 1 N–H and O–H groups in total. The van der Waals surface area contributed by atoms with E-state index >= 15 is 0 Å². The topological polar surface area (TPSA) is 102 Å². The Morgan fingerprint density at radius 1 is 1.10 bits per heavy atom. The third-order valence-electron chi connectivity index (χ3n) is 6.44. The monoisotopic (exact) mass is 560 g/mol. The molecule has 0 fully saturated rings. The summed E-state index contributed by atoms with van der Waals surface area (Å²) in [5.74, 6) is 1.11. The van der Waals surface area contributed by atoms with E-state index < -0.39 is 0 Å². The fourth-order valence-electron chi connectivity index (χ4n) is 4.20. The summed E-state index contributed by atoms with van der Waals surface area (Å²) in [5, 5.41) is 20.3. The smallest absolute Gasteiger partial charge is 0.253 e. The molecule has 2 aromatic heterocycles. The van der Waals surface area contributed by atoms with Crippen LogP contribution in [0.4, 0.5) is 0 Å². The molecular weight excluding hydrogens is 532 g/mol. The zero-order valence-electron chi connectivity index (χ0n) is 21.8. The van der Waals surface area contributed by atoms with Crippen LogP contribution in [-0.4, -0.2) is 50.2 Å². The van der Waals surface area contributed by atoms with E-state index in [0.29, 0.717) is 28.7 Å². The number of carbonyl (C=O) groups is 2. The minimum absolute atomic E-state index is 0.102. The standard InChI is InChI=1S/C28H28N6O3S2/c1-18-6-8-19(9-7-18)23-15-22(24-5-4-14-38-24)32-34(23)26(35)17-39-28-31-30-25(33(28)2)16-29-27(36)20-10-12-21(37-3)13-11-20/h4-14,23H,15-17H2,1-3H3,(H,29,36). The number of rotatable bonds is 9. The number of ether oxygens (including phenoxy) is 1. The van der Waals surface area contributed by atoms with Gasteiger partial charge in [-0.15, -0.1) is 21.5 Å². The number of hydrogen-bond acceptors (Lipinski definition) is 8. The molecule has 11 heteroatoms. The number of carbonyl (C=O) groups excluding carboxylic acids is 2. The number of hydrogen-bond donors (Lipinski definition) is 1. The summed E-state index contributed by atoms with van der Waals surface area (Å²) in [6.45, 7) is 2.25. The number of nitrogens with zero attached hydrogens (tertiary/aromatic N) is 5. The molecule has 200 valence electrons. The second-order valence-corrected chi connectivity index (χ2v) is 10.9. The molecule has 0 bridgehead atoms. The van der Waals surface area contributed by atoms with Gasteiger partial charge in [0.15, 0.2) is 11.0 Å². The summed E-state index contributed by atoms with van der Waals surface area (Å²) in [5.41, 5.74) is 3.67. The van der Waals surface area contributed by atoms with E-state index in [0.717, 1.165) is 16.2 Å². The van der Waals surface area contributed by atoms with Gasteiger partial charge in [-0.05, 0) is 48.2 Å². The van der Waals surface area contributed by atoms with Gasteiger partial charge in [-0.1, -0.05) is 47.7 Å². The van der Waals surface area contributed by atoms with Gasteiger partial charge in [-0.3, -0.25) is 9.59 Å². The van der Waals surface area contributed by atoms with Crippen molar-refractivity contribution < 1.29 is 14.3 Å². The highest BCUT2D eigenvalue weighted by Gasteiger charge is 2.33. The van der Waals surface area contributed by atoms with Gasteiger partial charge < -0.3 is 14.6 Å². The highest BCUT2D eigenvalue weighted by Crippen LogP contribution is 2.34. The Balaban J connectivity index is 1.23. The molecule has 0 radical (unpaired) electrons. The van der Waals surface area contributed by atoms with Gasteiger partial charge in [-0.25, -0.2) is 5.01 Å². The zero-order valence-corrected chi connectivity index (χ0v) is 23.5. The molecule has 0 saturated carbocycles. The van der Waals surface area contributed by atoms with Crippen molar-refractivity contribution in [1.82, 2.24) is 25.1 Å². The predicted octanol–water partition coefficient (Wildman–Crippen LogP) is 4.59. The van der Waals surface area contributed by atoms with E-state index in [4.69, 9.17) is 9.84 Å². The summed E-state index contributed by atoms with van der Waals surface area (Å²) in [7, 11) is 3.40. The third kappa shape index (κ3) is 6.04. The molecule has 1 aliphatic rings. The number of thiophene rings is 1. The van der Waals surface area contributed by atoms with Crippen molar-refractivity contribution in [2.75, 3.05) is 12.9 Å². The van der Waals surface area contributed by atoms with E-state index in [1.54, 1.807) is 52.3 Å². The van der Waals surface area contributed by atoms with Crippen LogP contribution in [0.15, 0.2) is 76.3 Å². The number of hydrazone groups is 1. The summed E-state index contributed by atoms with van der Waals surface area (Å²) in [4.78, 5) is 27.0. The Labute approximate surface area is 234 Å². The third-order valence-corrected chi connectivity index (χ3v) is 8.37. The molecule has 0 spiro atoms. The first-order chi connectivity index (χ1) is 18.9. The van der Waals surface area contributed by atoms with Crippen LogP contribution in [0.5, 0.6) is 5.75 Å². The van der Waals surface area contributed by atoms with Gasteiger partial charge in [-0.2, -0.15) is 5.10 Å². The molecule has 0 aliphatic carbocycles. The molecule has 1 unspecified atom stereocenters. The normalized spacial score (nSPS) is 14.8. The lowest BCUT2D eigenvalue weighted by atomic mass is 10.00. The maximum atomic E-state index is 13.4. The zero-order chi connectivity index (χ0) is 27.4. The van der Waals surface area contributed by atoms with Crippen molar-refractivity contribution in [3.8, 4) is 5.75 Å². The lowest BCUT2D eigenvalue weighted by Crippen LogP contribution is -2.28. The molecule has 2 aromatic carbocycles. The quantitative estimate of drug-likeness (QED) is 0.301. The van der Waals surface area contributed by atoms with Crippen molar-refractivity contribution in [3.63, 3.8) is 0 Å². The first kappa shape index (κ1) is 26.6. The molecule has 1 aliphatic heterocycles. The van der Waals surface area contributed by atoms with Gasteiger partial charge in [0.1, 0.15) is 5.75 Å². The van der Waals surface area contributed by atoms with Crippen molar-refractivity contribution in [2.24, 2.45) is 12.1 Å². The van der Waals surface area contributed by atoms with Gasteiger partial charge in [0.2, 0.25) is 0 Å². The van der Waals surface area contributed by atoms with Crippen molar-refractivity contribution >= 4 is 40.6 Å². The van der Waals surface area contributed by atoms with Gasteiger partial charge in [0.25, 0.3) is 11.8 Å². The van der Waals surface area contributed by atoms with Gasteiger partial charge in [0.05, 0.1) is 36.0 Å². The Kier molecular flexibility index (Phi) is 8.08. The van der Waals surface area contributed by atoms with Crippen LogP contribution in [0.2, 0.25) is 0 Å². The minimum Gasteiger partial charge on any atom is -0.497 e.